The van der Waals surface area contributed by atoms with E-state index in [2.05, 4.69) is 36.6 Å². The minimum absolute atomic E-state index is 0.707. The van der Waals surface area contributed by atoms with Gasteiger partial charge in [-0.1, -0.05) is 0 Å². The minimum atomic E-state index is 0.707. The van der Waals surface area contributed by atoms with E-state index in [0.717, 1.165) is 56.2 Å². The molecule has 0 saturated carbocycles. The molecule has 2 aromatic rings. The fraction of sp³-hybridized carbons (Fsp3) is 0.625. The molecule has 0 spiro atoms. The first kappa shape index (κ1) is 14.0. The van der Waals surface area contributed by atoms with Gasteiger partial charge in [-0.05, 0) is 18.9 Å². The molecule has 22 heavy (non-hydrogen) atoms. The van der Waals surface area contributed by atoms with Gasteiger partial charge in [-0.15, -0.1) is 0 Å². The Kier molecular flexibility index (Phi) is 3.72. The number of ether oxygens (including phenoxy) is 1. The summed E-state index contributed by atoms with van der Waals surface area (Å²) in [6.45, 7) is 6.14. The lowest BCUT2D eigenvalue weighted by molar-refractivity contribution is 0.0321. The first-order valence-electron chi connectivity index (χ1n) is 8.16. The topological polar surface area (TPSA) is 46.4 Å². The molecule has 4 heterocycles. The van der Waals surface area contributed by atoms with Gasteiger partial charge in [0, 0.05) is 58.7 Å². The molecular weight excluding hydrogens is 278 g/mol. The van der Waals surface area contributed by atoms with E-state index in [1.54, 1.807) is 6.33 Å². The van der Waals surface area contributed by atoms with E-state index in [-0.39, 0.29) is 0 Å². The molecule has 2 fully saturated rings. The summed E-state index contributed by atoms with van der Waals surface area (Å²) >= 11 is 0. The van der Waals surface area contributed by atoms with Crippen molar-refractivity contribution in [3.63, 3.8) is 0 Å². The fourth-order valence-corrected chi connectivity index (χ4v) is 3.67. The van der Waals surface area contributed by atoms with Crippen LogP contribution < -0.4 is 4.90 Å². The molecule has 118 valence electrons. The number of hydrogen-bond donors (Lipinski definition) is 0. The molecule has 0 bridgehead atoms. The predicted molar refractivity (Wildman–Crippen MR) is 86.1 cm³/mol. The lowest BCUT2D eigenvalue weighted by Gasteiger charge is -2.41. The van der Waals surface area contributed by atoms with Gasteiger partial charge in [0.15, 0.2) is 0 Å². The van der Waals surface area contributed by atoms with Gasteiger partial charge < -0.3 is 14.2 Å². The molecule has 0 atom stereocenters. The Labute approximate surface area is 130 Å². The molecule has 6 heteroatoms. The number of fused-ring (bicyclic) bond motifs is 1. The fourth-order valence-electron chi connectivity index (χ4n) is 3.67. The molecule has 2 saturated heterocycles. The zero-order valence-corrected chi connectivity index (χ0v) is 13.1. The van der Waals surface area contributed by atoms with E-state index >= 15 is 0 Å². The molecule has 0 unspecified atom stereocenters. The van der Waals surface area contributed by atoms with Gasteiger partial charge in [0.1, 0.15) is 17.8 Å². The summed E-state index contributed by atoms with van der Waals surface area (Å²) < 4.78 is 7.53. The van der Waals surface area contributed by atoms with Crippen LogP contribution in [-0.4, -0.2) is 64.9 Å². The standard InChI is InChI=1S/C16H23N5O/c1-19-5-2-14-15(19)17-12-18-16(14)21-8-6-20(7-9-21)13-3-10-22-11-4-13/h2,5,12-13H,3-4,6-11H2,1H3. The first-order chi connectivity index (χ1) is 10.8. The Morgan fingerprint density at radius 1 is 1.09 bits per heavy atom. The van der Waals surface area contributed by atoms with Gasteiger partial charge in [0.05, 0.1) is 5.39 Å². The third-order valence-electron chi connectivity index (χ3n) is 4.96. The Morgan fingerprint density at radius 3 is 2.64 bits per heavy atom. The molecule has 4 rings (SSSR count). The molecule has 0 radical (unpaired) electrons. The molecule has 2 aromatic heterocycles. The van der Waals surface area contributed by atoms with Crippen molar-refractivity contribution >= 4 is 16.9 Å². The Hall–Kier alpha value is -1.66. The van der Waals surface area contributed by atoms with Crippen molar-refractivity contribution in [3.05, 3.63) is 18.6 Å². The van der Waals surface area contributed by atoms with E-state index in [9.17, 15) is 0 Å². The second-order valence-electron chi connectivity index (χ2n) is 6.23. The smallest absolute Gasteiger partial charge is 0.145 e. The molecule has 0 N–H and O–H groups in total. The second-order valence-corrected chi connectivity index (χ2v) is 6.23. The first-order valence-corrected chi connectivity index (χ1v) is 8.16. The van der Waals surface area contributed by atoms with Gasteiger partial charge in [-0.2, -0.15) is 0 Å². The predicted octanol–water partition coefficient (Wildman–Crippen LogP) is 1.27. The normalized spacial score (nSPS) is 21.6. The number of aromatic nitrogens is 3. The molecule has 0 amide bonds. The van der Waals surface area contributed by atoms with E-state index < -0.39 is 0 Å². The van der Waals surface area contributed by atoms with Gasteiger partial charge in [-0.3, -0.25) is 4.90 Å². The third kappa shape index (κ3) is 2.46. The van der Waals surface area contributed by atoms with Crippen LogP contribution in [0.5, 0.6) is 0 Å². The molecule has 2 aliphatic rings. The van der Waals surface area contributed by atoms with Crippen LogP contribution in [0.2, 0.25) is 0 Å². The van der Waals surface area contributed by atoms with Crippen molar-refractivity contribution in [3.8, 4) is 0 Å². The highest BCUT2D eigenvalue weighted by atomic mass is 16.5. The van der Waals surface area contributed by atoms with Crippen LogP contribution in [0.1, 0.15) is 12.8 Å². The average molecular weight is 301 g/mol. The summed E-state index contributed by atoms with van der Waals surface area (Å²) in [5, 5.41) is 1.16. The van der Waals surface area contributed by atoms with Crippen LogP contribution in [0.4, 0.5) is 5.82 Å². The maximum Gasteiger partial charge on any atom is 0.145 e. The number of hydrogen-bond acceptors (Lipinski definition) is 5. The van der Waals surface area contributed by atoms with Crippen molar-refractivity contribution in [2.75, 3.05) is 44.3 Å². The summed E-state index contributed by atoms with van der Waals surface area (Å²) in [7, 11) is 2.03. The SMILES string of the molecule is Cn1ccc2c(N3CCN(C4CCOCC4)CC3)ncnc21. The van der Waals surface area contributed by atoms with Gasteiger partial charge in [0.2, 0.25) is 0 Å². The number of rotatable bonds is 2. The highest BCUT2D eigenvalue weighted by molar-refractivity contribution is 5.87. The quantitative estimate of drug-likeness (QED) is 0.836. The van der Waals surface area contributed by atoms with Gasteiger partial charge in [-0.25, -0.2) is 9.97 Å². The van der Waals surface area contributed by atoms with Gasteiger partial charge >= 0.3 is 0 Å². The summed E-state index contributed by atoms with van der Waals surface area (Å²) in [6, 6.07) is 2.83. The summed E-state index contributed by atoms with van der Waals surface area (Å²) in [4.78, 5) is 14.0. The Balaban J connectivity index is 1.48. The van der Waals surface area contributed by atoms with Crippen molar-refractivity contribution in [2.45, 2.75) is 18.9 Å². The van der Waals surface area contributed by atoms with E-state index in [0.29, 0.717) is 6.04 Å². The maximum atomic E-state index is 5.48. The number of nitrogens with zero attached hydrogens (tertiary/aromatic N) is 5. The monoisotopic (exact) mass is 301 g/mol. The second kappa shape index (κ2) is 5.85. The van der Waals surface area contributed by atoms with Crippen LogP contribution in [0.3, 0.4) is 0 Å². The van der Waals surface area contributed by atoms with Gasteiger partial charge in [0.25, 0.3) is 0 Å². The number of piperazine rings is 1. The summed E-state index contributed by atoms with van der Waals surface area (Å²) in [5.74, 6) is 1.08. The average Bonchev–Trinajstić information content (AvgIpc) is 2.97. The highest BCUT2D eigenvalue weighted by Gasteiger charge is 2.26. The van der Waals surface area contributed by atoms with E-state index in [1.807, 2.05) is 7.05 Å². The molecule has 0 aliphatic carbocycles. The highest BCUT2D eigenvalue weighted by Crippen LogP contribution is 2.25. The minimum Gasteiger partial charge on any atom is -0.381 e. The van der Waals surface area contributed by atoms with Crippen LogP contribution in [0.15, 0.2) is 18.6 Å². The lowest BCUT2D eigenvalue weighted by atomic mass is 10.1. The van der Waals surface area contributed by atoms with Crippen LogP contribution in [0, 0.1) is 0 Å². The van der Waals surface area contributed by atoms with Crippen LogP contribution >= 0.6 is 0 Å². The zero-order valence-electron chi connectivity index (χ0n) is 13.1. The van der Waals surface area contributed by atoms with Crippen molar-refractivity contribution in [1.29, 1.82) is 0 Å². The van der Waals surface area contributed by atoms with Crippen molar-refractivity contribution in [2.24, 2.45) is 7.05 Å². The van der Waals surface area contributed by atoms with Crippen LogP contribution in [0.25, 0.3) is 11.0 Å². The number of anilines is 1. The molecular formula is C16H23N5O. The largest absolute Gasteiger partial charge is 0.381 e. The molecule has 0 aromatic carbocycles. The van der Waals surface area contributed by atoms with E-state index in [4.69, 9.17) is 4.74 Å². The van der Waals surface area contributed by atoms with Crippen LogP contribution in [-0.2, 0) is 11.8 Å². The van der Waals surface area contributed by atoms with Crippen molar-refractivity contribution < 1.29 is 4.74 Å². The molecule has 2 aliphatic heterocycles. The third-order valence-corrected chi connectivity index (χ3v) is 4.96. The van der Waals surface area contributed by atoms with E-state index in [1.165, 1.54) is 12.8 Å². The summed E-state index contributed by atoms with van der Waals surface area (Å²) in [5.41, 5.74) is 1.01. The number of aryl methyl sites for hydroxylation is 1. The Bertz CT molecular complexity index is 641. The summed E-state index contributed by atoms with van der Waals surface area (Å²) in [6.07, 6.45) is 6.09. The molecule has 6 nitrogen and oxygen atoms in total. The lowest BCUT2D eigenvalue weighted by Crippen LogP contribution is -2.51. The Morgan fingerprint density at radius 2 is 1.86 bits per heavy atom. The zero-order chi connectivity index (χ0) is 14.9. The maximum absolute atomic E-state index is 5.48. The van der Waals surface area contributed by atoms with Crippen molar-refractivity contribution in [1.82, 2.24) is 19.4 Å².